The molecule has 0 saturated carbocycles. The molecule has 0 unspecified atom stereocenters. The van der Waals surface area contributed by atoms with E-state index in [1.54, 1.807) is 24.3 Å². The zero-order chi connectivity index (χ0) is 17.9. The first-order valence-electron chi connectivity index (χ1n) is 7.79. The number of nitrogens with zero attached hydrogens (tertiary/aromatic N) is 5. The first-order valence-corrected chi connectivity index (χ1v) is 7.79. The maximum absolute atomic E-state index is 13.3. The number of halogens is 1. The fraction of sp³-hybridized carbons (Fsp3) is 0.118. The number of carbonyl (C=O) groups excluding carboxylic acids is 1. The van der Waals surface area contributed by atoms with E-state index in [2.05, 4.69) is 25.5 Å². The van der Waals surface area contributed by atoms with Crippen molar-refractivity contribution in [3.8, 4) is 5.82 Å². The Kier molecular flexibility index (Phi) is 4.10. The molecule has 8 nitrogen and oxygen atoms in total. The number of benzene rings is 1. The van der Waals surface area contributed by atoms with Crippen LogP contribution in [-0.4, -0.2) is 37.5 Å². The number of oxime groups is 1. The van der Waals surface area contributed by atoms with Gasteiger partial charge in [0, 0.05) is 12.0 Å². The van der Waals surface area contributed by atoms with E-state index in [4.69, 9.17) is 4.84 Å². The van der Waals surface area contributed by atoms with E-state index in [0.717, 1.165) is 0 Å². The number of aromatic nitrogens is 4. The second-order valence-electron chi connectivity index (χ2n) is 5.58. The fourth-order valence-electron chi connectivity index (χ4n) is 2.50. The number of pyridine rings is 1. The molecule has 1 aromatic carbocycles. The molecule has 2 aromatic heterocycles. The van der Waals surface area contributed by atoms with Gasteiger partial charge in [0.2, 0.25) is 6.10 Å². The molecule has 4 rings (SSSR count). The minimum absolute atomic E-state index is 0.264. The van der Waals surface area contributed by atoms with Crippen molar-refractivity contribution in [2.75, 3.05) is 5.32 Å². The van der Waals surface area contributed by atoms with Gasteiger partial charge >= 0.3 is 0 Å². The van der Waals surface area contributed by atoms with Crippen LogP contribution < -0.4 is 5.32 Å². The number of hydrogen-bond donors (Lipinski definition) is 1. The van der Waals surface area contributed by atoms with Crippen LogP contribution in [0.1, 0.15) is 12.0 Å². The largest absolute Gasteiger partial charge is 0.382 e. The van der Waals surface area contributed by atoms with Gasteiger partial charge in [-0.05, 0) is 24.3 Å². The van der Waals surface area contributed by atoms with Crippen LogP contribution in [0.3, 0.4) is 0 Å². The van der Waals surface area contributed by atoms with Crippen molar-refractivity contribution >= 4 is 17.3 Å². The summed E-state index contributed by atoms with van der Waals surface area (Å²) in [4.78, 5) is 25.6. The summed E-state index contributed by atoms with van der Waals surface area (Å²) in [6.45, 7) is 0. The second kappa shape index (κ2) is 6.71. The summed E-state index contributed by atoms with van der Waals surface area (Å²) in [5.41, 5.74) is 1.64. The predicted octanol–water partition coefficient (Wildman–Crippen LogP) is 1.93. The number of carbonyl (C=O) groups is 1. The van der Waals surface area contributed by atoms with E-state index in [1.807, 2.05) is 0 Å². The summed E-state index contributed by atoms with van der Waals surface area (Å²) in [6, 6.07) is 9.41. The number of anilines is 1. The molecule has 0 spiro atoms. The Balaban J connectivity index is 1.39. The van der Waals surface area contributed by atoms with Crippen molar-refractivity contribution in [3.63, 3.8) is 0 Å². The molecule has 1 amide bonds. The molecule has 0 aliphatic carbocycles. The van der Waals surface area contributed by atoms with Crippen molar-refractivity contribution in [3.05, 3.63) is 66.6 Å². The lowest BCUT2D eigenvalue weighted by molar-refractivity contribution is -0.125. The van der Waals surface area contributed by atoms with Crippen LogP contribution in [0.5, 0.6) is 0 Å². The van der Waals surface area contributed by atoms with Crippen molar-refractivity contribution in [1.29, 1.82) is 0 Å². The number of rotatable bonds is 4. The average Bonchev–Trinajstić information content (AvgIpc) is 3.35. The number of amides is 1. The van der Waals surface area contributed by atoms with Gasteiger partial charge in [0.05, 0.1) is 17.6 Å². The van der Waals surface area contributed by atoms with Gasteiger partial charge in [0.25, 0.3) is 5.91 Å². The van der Waals surface area contributed by atoms with Gasteiger partial charge in [-0.15, -0.1) is 0 Å². The molecule has 9 heteroatoms. The Bertz CT molecular complexity index is 956. The van der Waals surface area contributed by atoms with E-state index in [-0.39, 0.29) is 18.1 Å². The van der Waals surface area contributed by atoms with Gasteiger partial charge < -0.3 is 10.2 Å². The van der Waals surface area contributed by atoms with Crippen LogP contribution in [-0.2, 0) is 9.63 Å². The van der Waals surface area contributed by atoms with Crippen molar-refractivity contribution in [2.45, 2.75) is 12.5 Å². The van der Waals surface area contributed by atoms with E-state index in [1.165, 1.54) is 35.7 Å². The Morgan fingerprint density at radius 2 is 2.23 bits per heavy atom. The monoisotopic (exact) mass is 352 g/mol. The molecule has 0 fully saturated rings. The summed E-state index contributed by atoms with van der Waals surface area (Å²) in [5, 5.41) is 10.6. The molecule has 0 bridgehead atoms. The van der Waals surface area contributed by atoms with Crippen molar-refractivity contribution in [1.82, 2.24) is 19.7 Å². The summed E-state index contributed by atoms with van der Waals surface area (Å²) in [7, 11) is 0. The van der Waals surface area contributed by atoms with Crippen LogP contribution in [0.2, 0.25) is 0 Å². The molecule has 26 heavy (non-hydrogen) atoms. The molecule has 3 heterocycles. The van der Waals surface area contributed by atoms with Gasteiger partial charge in [-0.25, -0.2) is 19.0 Å². The maximum Gasteiger partial charge on any atom is 0.268 e. The number of hydrogen-bond acceptors (Lipinski definition) is 6. The molecular formula is C17H13FN6O2. The zero-order valence-electron chi connectivity index (χ0n) is 13.4. The van der Waals surface area contributed by atoms with Gasteiger partial charge in [0.15, 0.2) is 5.82 Å². The van der Waals surface area contributed by atoms with Crippen LogP contribution in [0.15, 0.2) is 60.4 Å². The Hall–Kier alpha value is -3.62. The molecule has 0 saturated heterocycles. The Morgan fingerprint density at radius 1 is 1.31 bits per heavy atom. The number of nitrogens with one attached hydrogen (secondary N) is 1. The SMILES string of the molecule is O=C(Nc1ccc(-n2cncn2)nc1)[C@@H]1CC(c2cccc(F)c2)=NO1. The predicted molar refractivity (Wildman–Crippen MR) is 90.2 cm³/mol. The molecular weight excluding hydrogens is 339 g/mol. The van der Waals surface area contributed by atoms with E-state index >= 15 is 0 Å². The van der Waals surface area contributed by atoms with E-state index < -0.39 is 6.10 Å². The standard InChI is InChI=1S/C17H13FN6O2/c18-12-3-1-2-11(6-12)14-7-15(26-23-14)17(25)22-13-4-5-16(20-8-13)24-10-19-9-21-24/h1-6,8-10,15H,7H2,(H,22,25)/t15-/m0/s1. The third kappa shape index (κ3) is 3.27. The van der Waals surface area contributed by atoms with Crippen LogP contribution in [0.25, 0.3) is 5.82 Å². The quantitative estimate of drug-likeness (QED) is 0.774. The second-order valence-corrected chi connectivity index (χ2v) is 5.58. The summed E-state index contributed by atoms with van der Waals surface area (Å²) < 4.78 is 14.8. The maximum atomic E-state index is 13.3. The lowest BCUT2D eigenvalue weighted by Gasteiger charge is -2.09. The van der Waals surface area contributed by atoms with Crippen molar-refractivity contribution < 1.29 is 14.0 Å². The average molecular weight is 352 g/mol. The van der Waals surface area contributed by atoms with Gasteiger partial charge in [-0.3, -0.25) is 4.79 Å². The lowest BCUT2D eigenvalue weighted by Crippen LogP contribution is -2.28. The fourth-order valence-corrected chi connectivity index (χ4v) is 2.50. The van der Waals surface area contributed by atoms with Crippen LogP contribution in [0.4, 0.5) is 10.1 Å². The summed E-state index contributed by atoms with van der Waals surface area (Å²) in [5.74, 6) is -0.138. The van der Waals surface area contributed by atoms with E-state index in [9.17, 15) is 9.18 Å². The normalized spacial score (nSPS) is 16.0. The van der Waals surface area contributed by atoms with Gasteiger partial charge in [-0.2, -0.15) is 5.10 Å². The third-order valence-corrected chi connectivity index (χ3v) is 3.79. The molecule has 1 atom stereocenters. The Labute approximate surface area is 147 Å². The molecule has 1 aliphatic heterocycles. The van der Waals surface area contributed by atoms with Crippen LogP contribution in [0, 0.1) is 5.82 Å². The highest BCUT2D eigenvalue weighted by atomic mass is 19.1. The van der Waals surface area contributed by atoms with Crippen LogP contribution >= 0.6 is 0 Å². The molecule has 1 aliphatic rings. The lowest BCUT2D eigenvalue weighted by atomic mass is 10.0. The zero-order valence-corrected chi connectivity index (χ0v) is 13.4. The molecule has 0 radical (unpaired) electrons. The Morgan fingerprint density at radius 3 is 2.96 bits per heavy atom. The van der Waals surface area contributed by atoms with E-state index in [0.29, 0.717) is 22.8 Å². The molecule has 1 N–H and O–H groups in total. The summed E-state index contributed by atoms with van der Waals surface area (Å²) >= 11 is 0. The highest BCUT2D eigenvalue weighted by Crippen LogP contribution is 2.19. The van der Waals surface area contributed by atoms with Gasteiger partial charge in [-0.1, -0.05) is 17.3 Å². The molecule has 130 valence electrons. The first-order chi connectivity index (χ1) is 12.7. The topological polar surface area (TPSA) is 94.3 Å². The van der Waals surface area contributed by atoms with Gasteiger partial charge in [0.1, 0.15) is 18.5 Å². The highest BCUT2D eigenvalue weighted by molar-refractivity contribution is 6.06. The summed E-state index contributed by atoms with van der Waals surface area (Å²) in [6.07, 6.45) is 3.93. The smallest absolute Gasteiger partial charge is 0.268 e. The minimum atomic E-state index is -0.775. The highest BCUT2D eigenvalue weighted by Gasteiger charge is 2.29. The van der Waals surface area contributed by atoms with Crippen molar-refractivity contribution in [2.24, 2.45) is 5.16 Å². The third-order valence-electron chi connectivity index (χ3n) is 3.79. The minimum Gasteiger partial charge on any atom is -0.382 e. The molecule has 3 aromatic rings. The first kappa shape index (κ1) is 15.9.